The van der Waals surface area contributed by atoms with Crippen LogP contribution in [-0.2, 0) is 16.1 Å². The molecule has 0 amide bonds. The van der Waals surface area contributed by atoms with E-state index in [2.05, 4.69) is 29.1 Å². The van der Waals surface area contributed by atoms with Crippen LogP contribution >= 0.6 is 0 Å². The Morgan fingerprint density at radius 1 is 1.50 bits per heavy atom. The fraction of sp³-hybridized carbons (Fsp3) is 0.500. The lowest BCUT2D eigenvalue weighted by Crippen LogP contribution is -2.38. The third-order valence-corrected chi connectivity index (χ3v) is 3.01. The van der Waals surface area contributed by atoms with E-state index >= 15 is 0 Å². The van der Waals surface area contributed by atoms with Crippen molar-refractivity contribution in [2.24, 2.45) is 5.92 Å². The van der Waals surface area contributed by atoms with E-state index in [4.69, 9.17) is 4.74 Å². The minimum atomic E-state index is -0.308. The largest absolute Gasteiger partial charge is 0.468 e. The number of fused-ring (bicyclic) bond motifs is 1. The van der Waals surface area contributed by atoms with Crippen LogP contribution in [0.1, 0.15) is 26.0 Å². The molecule has 1 N–H and O–H groups in total. The molecule has 0 spiro atoms. The number of aromatic nitrogens is 3. The molecule has 0 radical (unpaired) electrons. The molecule has 0 saturated carbocycles. The predicted octanol–water partition coefficient (Wildman–Crippen LogP) is 1.41. The second kappa shape index (κ2) is 6.47. The molecule has 2 aromatic heterocycles. The summed E-state index contributed by atoms with van der Waals surface area (Å²) in [5, 5.41) is 3.20. The van der Waals surface area contributed by atoms with Crippen LogP contribution in [0.2, 0.25) is 0 Å². The standard InChI is InChI=1S/C14H20N4O2/c1-10(2)7-12(13(19)20-3)16-8-11-9-18-6-4-5-15-14(18)17-11/h4-6,9-10,12,16H,7-8H2,1-3H3. The maximum atomic E-state index is 11.7. The van der Waals surface area contributed by atoms with E-state index < -0.39 is 0 Å². The lowest BCUT2D eigenvalue weighted by molar-refractivity contribution is -0.143. The summed E-state index contributed by atoms with van der Waals surface area (Å²) in [4.78, 5) is 20.3. The number of nitrogens with one attached hydrogen (secondary N) is 1. The zero-order valence-corrected chi connectivity index (χ0v) is 12.0. The van der Waals surface area contributed by atoms with Gasteiger partial charge in [0.25, 0.3) is 0 Å². The number of hydrogen-bond acceptors (Lipinski definition) is 5. The average Bonchev–Trinajstić information content (AvgIpc) is 2.84. The van der Waals surface area contributed by atoms with Crippen molar-refractivity contribution in [2.75, 3.05) is 7.11 Å². The summed E-state index contributed by atoms with van der Waals surface area (Å²) in [6.07, 6.45) is 6.23. The minimum Gasteiger partial charge on any atom is -0.468 e. The number of carbonyl (C=O) groups is 1. The van der Waals surface area contributed by atoms with Crippen molar-refractivity contribution in [3.8, 4) is 0 Å². The molecule has 0 aliphatic rings. The van der Waals surface area contributed by atoms with Gasteiger partial charge in [0, 0.05) is 25.1 Å². The number of methoxy groups -OCH3 is 1. The fourth-order valence-corrected chi connectivity index (χ4v) is 2.07. The summed E-state index contributed by atoms with van der Waals surface area (Å²) in [7, 11) is 1.41. The minimum absolute atomic E-state index is 0.236. The molecule has 2 aromatic rings. The summed E-state index contributed by atoms with van der Waals surface area (Å²) in [5.74, 6) is 0.831. The molecular formula is C14H20N4O2. The van der Waals surface area contributed by atoms with Crippen molar-refractivity contribution >= 4 is 11.7 Å². The fourth-order valence-electron chi connectivity index (χ4n) is 2.07. The third kappa shape index (κ3) is 3.54. The number of ether oxygens (including phenoxy) is 1. The van der Waals surface area contributed by atoms with Crippen molar-refractivity contribution in [3.05, 3.63) is 30.4 Å². The molecule has 1 atom stereocenters. The van der Waals surface area contributed by atoms with Crippen molar-refractivity contribution in [1.82, 2.24) is 19.7 Å². The van der Waals surface area contributed by atoms with Crippen molar-refractivity contribution in [1.29, 1.82) is 0 Å². The van der Waals surface area contributed by atoms with Gasteiger partial charge in [-0.15, -0.1) is 0 Å². The lowest BCUT2D eigenvalue weighted by Gasteiger charge is -2.17. The Hall–Kier alpha value is -1.95. The van der Waals surface area contributed by atoms with E-state index in [-0.39, 0.29) is 12.0 Å². The molecule has 2 rings (SSSR count). The van der Waals surface area contributed by atoms with Crippen LogP contribution in [0.3, 0.4) is 0 Å². The molecule has 20 heavy (non-hydrogen) atoms. The molecule has 0 aromatic carbocycles. The Bertz CT molecular complexity index is 546. The summed E-state index contributed by atoms with van der Waals surface area (Å²) in [6, 6.07) is 1.54. The number of hydrogen-bond donors (Lipinski definition) is 1. The van der Waals surface area contributed by atoms with Crippen LogP contribution in [0.15, 0.2) is 24.7 Å². The molecule has 0 fully saturated rings. The predicted molar refractivity (Wildman–Crippen MR) is 75.1 cm³/mol. The number of carbonyl (C=O) groups excluding carboxylic acids is 1. The smallest absolute Gasteiger partial charge is 0.322 e. The molecule has 6 nitrogen and oxygen atoms in total. The molecule has 2 heterocycles. The van der Waals surface area contributed by atoms with Gasteiger partial charge in [-0.2, -0.15) is 0 Å². The van der Waals surface area contributed by atoms with E-state index in [0.717, 1.165) is 12.1 Å². The van der Waals surface area contributed by atoms with Gasteiger partial charge in [0.1, 0.15) is 6.04 Å². The van der Waals surface area contributed by atoms with Crippen LogP contribution in [0, 0.1) is 5.92 Å². The van der Waals surface area contributed by atoms with Gasteiger partial charge < -0.3 is 4.74 Å². The first-order chi connectivity index (χ1) is 9.60. The first-order valence-corrected chi connectivity index (χ1v) is 6.70. The van der Waals surface area contributed by atoms with E-state index in [0.29, 0.717) is 18.2 Å². The van der Waals surface area contributed by atoms with E-state index in [1.165, 1.54) is 7.11 Å². The molecule has 6 heteroatoms. The Balaban J connectivity index is 2.02. The van der Waals surface area contributed by atoms with Gasteiger partial charge in [-0.05, 0) is 18.4 Å². The first-order valence-electron chi connectivity index (χ1n) is 6.70. The van der Waals surface area contributed by atoms with Crippen LogP contribution < -0.4 is 5.32 Å². The zero-order chi connectivity index (χ0) is 14.5. The van der Waals surface area contributed by atoms with Crippen LogP contribution in [0.25, 0.3) is 5.78 Å². The average molecular weight is 276 g/mol. The van der Waals surface area contributed by atoms with Crippen molar-refractivity contribution in [3.63, 3.8) is 0 Å². The lowest BCUT2D eigenvalue weighted by atomic mass is 10.0. The zero-order valence-electron chi connectivity index (χ0n) is 12.0. The van der Waals surface area contributed by atoms with Gasteiger partial charge in [0.2, 0.25) is 5.78 Å². The van der Waals surface area contributed by atoms with E-state index in [1.807, 2.05) is 22.9 Å². The number of nitrogens with zero attached hydrogens (tertiary/aromatic N) is 3. The quantitative estimate of drug-likeness (QED) is 0.808. The van der Waals surface area contributed by atoms with Gasteiger partial charge in [0.05, 0.1) is 12.8 Å². The maximum Gasteiger partial charge on any atom is 0.322 e. The van der Waals surface area contributed by atoms with Gasteiger partial charge in [-0.25, -0.2) is 9.97 Å². The van der Waals surface area contributed by atoms with Crippen LogP contribution in [0.4, 0.5) is 0 Å². The molecule has 0 aliphatic carbocycles. The van der Waals surface area contributed by atoms with Crippen molar-refractivity contribution in [2.45, 2.75) is 32.9 Å². The summed E-state index contributed by atoms with van der Waals surface area (Å²) in [5.41, 5.74) is 0.848. The molecule has 1 unspecified atom stereocenters. The molecule has 0 aliphatic heterocycles. The van der Waals surface area contributed by atoms with Crippen LogP contribution in [-0.4, -0.2) is 33.5 Å². The normalized spacial score (nSPS) is 12.8. The second-order valence-electron chi connectivity index (χ2n) is 5.15. The first kappa shape index (κ1) is 14.5. The Labute approximate surface area is 118 Å². The SMILES string of the molecule is COC(=O)C(CC(C)C)NCc1cn2cccnc2n1. The summed E-state index contributed by atoms with van der Waals surface area (Å²) >= 11 is 0. The van der Waals surface area contributed by atoms with E-state index in [9.17, 15) is 4.79 Å². The van der Waals surface area contributed by atoms with Crippen molar-refractivity contribution < 1.29 is 9.53 Å². The molecule has 108 valence electrons. The Morgan fingerprint density at radius 3 is 2.95 bits per heavy atom. The second-order valence-corrected chi connectivity index (χ2v) is 5.15. The highest BCUT2D eigenvalue weighted by molar-refractivity contribution is 5.75. The summed E-state index contributed by atoms with van der Waals surface area (Å²) < 4.78 is 6.67. The highest BCUT2D eigenvalue weighted by Crippen LogP contribution is 2.08. The van der Waals surface area contributed by atoms with Crippen LogP contribution in [0.5, 0.6) is 0 Å². The highest BCUT2D eigenvalue weighted by Gasteiger charge is 2.20. The molecular weight excluding hydrogens is 256 g/mol. The summed E-state index contributed by atoms with van der Waals surface area (Å²) in [6.45, 7) is 4.66. The van der Waals surface area contributed by atoms with Gasteiger partial charge >= 0.3 is 5.97 Å². The Kier molecular flexibility index (Phi) is 4.68. The number of rotatable bonds is 6. The van der Waals surface area contributed by atoms with Gasteiger partial charge in [-0.1, -0.05) is 13.8 Å². The monoisotopic (exact) mass is 276 g/mol. The highest BCUT2D eigenvalue weighted by atomic mass is 16.5. The van der Waals surface area contributed by atoms with Gasteiger partial charge in [-0.3, -0.25) is 14.5 Å². The number of imidazole rings is 1. The topological polar surface area (TPSA) is 68.5 Å². The Morgan fingerprint density at radius 2 is 2.30 bits per heavy atom. The molecule has 0 saturated heterocycles. The van der Waals surface area contributed by atoms with E-state index in [1.54, 1.807) is 6.20 Å². The molecule has 0 bridgehead atoms. The number of esters is 1. The van der Waals surface area contributed by atoms with Gasteiger partial charge in [0.15, 0.2) is 0 Å². The maximum absolute atomic E-state index is 11.7. The third-order valence-electron chi connectivity index (χ3n) is 3.01.